The number of nitrogens with zero attached hydrogens (tertiary/aromatic N) is 1. The van der Waals surface area contributed by atoms with Crippen LogP contribution >= 0.6 is 0 Å². The molecule has 1 aromatic heterocycles. The summed E-state index contributed by atoms with van der Waals surface area (Å²) in [5.74, 6) is -0.0590. The van der Waals surface area contributed by atoms with Crippen molar-refractivity contribution in [3.8, 4) is 0 Å². The molecule has 5 heteroatoms. The molecule has 0 atom stereocenters. The van der Waals surface area contributed by atoms with Crippen LogP contribution in [0.3, 0.4) is 0 Å². The zero-order valence-electron chi connectivity index (χ0n) is 14.7. The minimum Gasteiger partial charge on any atom is -0.348 e. The first-order valence-electron chi connectivity index (χ1n) is 9.15. The summed E-state index contributed by atoms with van der Waals surface area (Å²) in [6.07, 6.45) is 4.06. The van der Waals surface area contributed by atoms with Gasteiger partial charge in [-0.2, -0.15) is 0 Å². The number of hydrogen-bond acceptors (Lipinski definition) is 3. The highest BCUT2D eigenvalue weighted by atomic mass is 16.2. The Balaban J connectivity index is 1.79. The molecular formula is C21H23N3O2. The second-order valence-electron chi connectivity index (χ2n) is 7.19. The number of rotatable bonds is 4. The van der Waals surface area contributed by atoms with E-state index < -0.39 is 0 Å². The van der Waals surface area contributed by atoms with Gasteiger partial charge in [0.05, 0.1) is 16.6 Å². The lowest BCUT2D eigenvalue weighted by Crippen LogP contribution is -2.52. The van der Waals surface area contributed by atoms with Crippen molar-refractivity contribution in [2.24, 2.45) is 5.73 Å². The largest absolute Gasteiger partial charge is 0.348 e. The molecule has 4 rings (SSSR count). The summed E-state index contributed by atoms with van der Waals surface area (Å²) < 4.78 is 1.93. The third kappa shape index (κ3) is 2.78. The summed E-state index contributed by atoms with van der Waals surface area (Å²) in [6.45, 7) is 0.632. The van der Waals surface area contributed by atoms with Crippen LogP contribution in [0.15, 0.2) is 53.3 Å². The molecule has 1 amide bonds. The molecule has 134 valence electrons. The fourth-order valence-corrected chi connectivity index (χ4v) is 4.16. The van der Waals surface area contributed by atoms with Gasteiger partial charge in [0.25, 0.3) is 0 Å². The Hall–Kier alpha value is -2.66. The molecule has 26 heavy (non-hydrogen) atoms. The van der Waals surface area contributed by atoms with Crippen LogP contribution in [0.4, 0.5) is 0 Å². The van der Waals surface area contributed by atoms with Crippen molar-refractivity contribution < 1.29 is 4.79 Å². The van der Waals surface area contributed by atoms with E-state index in [2.05, 4.69) is 5.32 Å². The van der Waals surface area contributed by atoms with Crippen molar-refractivity contribution in [2.45, 2.75) is 37.8 Å². The van der Waals surface area contributed by atoms with Gasteiger partial charge in [-0.15, -0.1) is 0 Å². The van der Waals surface area contributed by atoms with Gasteiger partial charge in [-0.25, -0.2) is 0 Å². The molecule has 0 radical (unpaired) electrons. The number of aromatic nitrogens is 1. The number of carbonyl (C=O) groups is 1. The summed E-state index contributed by atoms with van der Waals surface area (Å²) in [7, 11) is 0. The molecule has 3 N–H and O–H groups in total. The monoisotopic (exact) mass is 349 g/mol. The third-order valence-electron chi connectivity index (χ3n) is 5.54. The highest BCUT2D eigenvalue weighted by molar-refractivity contribution is 5.94. The lowest BCUT2D eigenvalue weighted by atomic mass is 9.98. The second-order valence-corrected chi connectivity index (χ2v) is 7.19. The standard InChI is InChI=1S/C21H23N3O2/c22-14-21(11-5-6-12-21)23-19(25)13-24-17-9-3-1-7-15(17)20(26)16-8-2-4-10-18(16)24/h1-4,7-10H,5-6,11-14,22H2,(H,23,25). The summed E-state index contributed by atoms with van der Waals surface area (Å²) >= 11 is 0. The molecule has 1 fully saturated rings. The van der Waals surface area contributed by atoms with Crippen molar-refractivity contribution in [2.75, 3.05) is 6.54 Å². The van der Waals surface area contributed by atoms with Crippen molar-refractivity contribution in [1.29, 1.82) is 0 Å². The van der Waals surface area contributed by atoms with Crippen LogP contribution < -0.4 is 16.5 Å². The topological polar surface area (TPSA) is 77.1 Å². The first-order valence-corrected chi connectivity index (χ1v) is 9.15. The van der Waals surface area contributed by atoms with E-state index in [-0.39, 0.29) is 23.4 Å². The maximum atomic E-state index is 12.8. The Morgan fingerprint density at radius 1 is 1.00 bits per heavy atom. The number of nitrogens with two attached hydrogens (primary N) is 1. The highest BCUT2D eigenvalue weighted by Crippen LogP contribution is 2.28. The quantitative estimate of drug-likeness (QED) is 0.711. The van der Waals surface area contributed by atoms with Gasteiger partial charge in [-0.1, -0.05) is 37.1 Å². The number of fused-ring (bicyclic) bond motifs is 2. The van der Waals surface area contributed by atoms with E-state index in [1.54, 1.807) is 0 Å². The average Bonchev–Trinajstić information content (AvgIpc) is 3.14. The number of nitrogens with one attached hydrogen (secondary N) is 1. The minimum atomic E-state index is -0.276. The van der Waals surface area contributed by atoms with Gasteiger partial charge in [-0.05, 0) is 37.1 Å². The number of carbonyl (C=O) groups excluding carboxylic acids is 1. The molecule has 1 aliphatic rings. The van der Waals surface area contributed by atoms with Crippen molar-refractivity contribution in [1.82, 2.24) is 9.88 Å². The van der Waals surface area contributed by atoms with Crippen LogP contribution in [-0.2, 0) is 11.3 Å². The molecule has 2 aromatic carbocycles. The Morgan fingerprint density at radius 2 is 1.54 bits per heavy atom. The molecule has 3 aromatic rings. The lowest BCUT2D eigenvalue weighted by molar-refractivity contribution is -0.123. The highest BCUT2D eigenvalue weighted by Gasteiger charge is 2.33. The molecule has 1 aliphatic carbocycles. The lowest BCUT2D eigenvalue weighted by Gasteiger charge is -2.29. The summed E-state index contributed by atoms with van der Waals surface area (Å²) in [6, 6.07) is 14.9. The fourth-order valence-electron chi connectivity index (χ4n) is 4.16. The van der Waals surface area contributed by atoms with Crippen LogP contribution in [0.25, 0.3) is 21.8 Å². The van der Waals surface area contributed by atoms with Crippen LogP contribution in [-0.4, -0.2) is 22.6 Å². The van der Waals surface area contributed by atoms with E-state index in [1.165, 1.54) is 0 Å². The Bertz CT molecular complexity index is 972. The van der Waals surface area contributed by atoms with Gasteiger partial charge in [0.2, 0.25) is 5.91 Å². The predicted octanol–water partition coefficient (Wildman–Crippen LogP) is 2.54. The molecule has 5 nitrogen and oxygen atoms in total. The molecule has 0 aliphatic heterocycles. The van der Waals surface area contributed by atoms with Crippen LogP contribution in [0.2, 0.25) is 0 Å². The van der Waals surface area contributed by atoms with E-state index in [0.29, 0.717) is 17.3 Å². The molecule has 0 bridgehead atoms. The van der Waals surface area contributed by atoms with E-state index in [0.717, 1.165) is 36.7 Å². The van der Waals surface area contributed by atoms with Gasteiger partial charge in [0, 0.05) is 17.3 Å². The number of para-hydroxylation sites is 2. The number of amides is 1. The molecular weight excluding hydrogens is 326 g/mol. The van der Waals surface area contributed by atoms with E-state index in [1.807, 2.05) is 53.1 Å². The molecule has 1 heterocycles. The van der Waals surface area contributed by atoms with Crippen LogP contribution in [0.5, 0.6) is 0 Å². The number of hydrogen-bond donors (Lipinski definition) is 2. The maximum Gasteiger partial charge on any atom is 0.240 e. The predicted molar refractivity (Wildman–Crippen MR) is 104 cm³/mol. The Labute approximate surface area is 151 Å². The van der Waals surface area contributed by atoms with Gasteiger partial charge < -0.3 is 15.6 Å². The molecule has 0 unspecified atom stereocenters. The van der Waals surface area contributed by atoms with E-state index in [4.69, 9.17) is 5.73 Å². The zero-order valence-corrected chi connectivity index (χ0v) is 14.7. The van der Waals surface area contributed by atoms with Crippen molar-refractivity contribution in [3.63, 3.8) is 0 Å². The van der Waals surface area contributed by atoms with Gasteiger partial charge in [0.1, 0.15) is 6.54 Å². The summed E-state index contributed by atoms with van der Waals surface area (Å²) in [5.41, 5.74) is 7.23. The zero-order chi connectivity index (χ0) is 18.1. The first kappa shape index (κ1) is 16.8. The maximum absolute atomic E-state index is 12.8. The second kappa shape index (κ2) is 6.57. The normalized spacial score (nSPS) is 16.2. The van der Waals surface area contributed by atoms with Crippen molar-refractivity contribution in [3.05, 3.63) is 58.8 Å². The van der Waals surface area contributed by atoms with Gasteiger partial charge >= 0.3 is 0 Å². The van der Waals surface area contributed by atoms with E-state index >= 15 is 0 Å². The smallest absolute Gasteiger partial charge is 0.240 e. The SMILES string of the molecule is NCC1(NC(=O)Cn2c3ccccc3c(=O)c3ccccc32)CCCC1. The van der Waals surface area contributed by atoms with Crippen molar-refractivity contribution >= 4 is 27.7 Å². The fraction of sp³-hybridized carbons (Fsp3) is 0.333. The summed E-state index contributed by atoms with van der Waals surface area (Å²) in [5, 5.41) is 4.44. The first-order chi connectivity index (χ1) is 12.6. The van der Waals surface area contributed by atoms with Crippen LogP contribution in [0, 0.1) is 0 Å². The van der Waals surface area contributed by atoms with Gasteiger partial charge in [-0.3, -0.25) is 9.59 Å². The van der Waals surface area contributed by atoms with Crippen LogP contribution in [0.1, 0.15) is 25.7 Å². The number of benzene rings is 2. The molecule has 0 spiro atoms. The van der Waals surface area contributed by atoms with E-state index in [9.17, 15) is 9.59 Å². The minimum absolute atomic E-state index is 0.00193. The third-order valence-corrected chi connectivity index (χ3v) is 5.54. The average molecular weight is 349 g/mol. The Kier molecular flexibility index (Phi) is 4.24. The number of pyridine rings is 1. The molecule has 0 saturated heterocycles. The Morgan fingerprint density at radius 3 is 2.08 bits per heavy atom. The van der Waals surface area contributed by atoms with Gasteiger partial charge in [0.15, 0.2) is 5.43 Å². The summed E-state index contributed by atoms with van der Waals surface area (Å²) in [4.78, 5) is 25.6. The molecule has 1 saturated carbocycles.